The predicted molar refractivity (Wildman–Crippen MR) is 30.2 cm³/mol. The van der Waals surface area contributed by atoms with E-state index >= 15 is 0 Å². The van der Waals surface area contributed by atoms with Gasteiger partial charge in [0, 0.05) is 6.42 Å². The third kappa shape index (κ3) is 2.82. The summed E-state index contributed by atoms with van der Waals surface area (Å²) in [6, 6.07) is 0. The molecule has 3 nitrogen and oxygen atoms in total. The number of rotatable bonds is 0. The van der Waals surface area contributed by atoms with E-state index in [0.29, 0.717) is 13.0 Å². The summed E-state index contributed by atoms with van der Waals surface area (Å²) in [4.78, 5) is 10.0. The zero-order valence-corrected chi connectivity index (χ0v) is 5.15. The summed E-state index contributed by atoms with van der Waals surface area (Å²) in [5.41, 5.74) is 0. The molecule has 0 saturated carbocycles. The van der Waals surface area contributed by atoms with Gasteiger partial charge in [0.1, 0.15) is 0 Å². The van der Waals surface area contributed by atoms with Crippen LogP contribution in [0.3, 0.4) is 0 Å². The van der Waals surface area contributed by atoms with E-state index in [0.717, 1.165) is 6.42 Å². The summed E-state index contributed by atoms with van der Waals surface area (Å²) in [7, 11) is 0. The van der Waals surface area contributed by atoms with Crippen molar-refractivity contribution < 1.29 is 9.53 Å². The second kappa shape index (κ2) is 4.87. The van der Waals surface area contributed by atoms with Crippen molar-refractivity contribution in [2.45, 2.75) is 12.8 Å². The Bertz CT molecular complexity index is 68.4. The fraction of sp³-hybridized carbons (Fsp3) is 0.750. The highest BCUT2D eigenvalue weighted by Gasteiger charge is 2.08. The first kappa shape index (κ1) is 7.72. The Hall–Kier alpha value is -0.280. The summed E-state index contributed by atoms with van der Waals surface area (Å²) >= 11 is 4.14. The molecule has 2 N–H and O–H groups in total. The number of esters is 1. The number of hydrogen-bond acceptors (Lipinski definition) is 3. The summed E-state index contributed by atoms with van der Waals surface area (Å²) in [6.45, 7) is 0.638. The van der Waals surface area contributed by atoms with Crippen molar-refractivity contribution >= 4 is 17.7 Å². The highest BCUT2D eigenvalue weighted by molar-refractivity contribution is 6.11. The van der Waals surface area contributed by atoms with Crippen LogP contribution in [0.1, 0.15) is 12.8 Å². The van der Waals surface area contributed by atoms with Crippen molar-refractivity contribution in [3.05, 3.63) is 0 Å². The highest BCUT2D eigenvalue weighted by atomic mass is 35.5. The SMILES string of the molecule is NCl.O=C1CCCO1. The lowest BCUT2D eigenvalue weighted by atomic mass is 10.4. The average molecular weight is 138 g/mol. The molecule has 0 spiro atoms. The van der Waals surface area contributed by atoms with Gasteiger partial charge in [-0.3, -0.25) is 4.79 Å². The molecule has 48 valence electrons. The van der Waals surface area contributed by atoms with E-state index in [1.54, 1.807) is 0 Å². The number of nitrogens with two attached hydrogens (primary N) is 1. The monoisotopic (exact) mass is 137 g/mol. The van der Waals surface area contributed by atoms with E-state index < -0.39 is 0 Å². The third-order valence-electron chi connectivity index (χ3n) is 0.788. The van der Waals surface area contributed by atoms with E-state index in [-0.39, 0.29) is 5.97 Å². The molecule has 1 aliphatic heterocycles. The van der Waals surface area contributed by atoms with Crippen LogP contribution in [-0.2, 0) is 9.53 Å². The van der Waals surface area contributed by atoms with Crippen LogP contribution >= 0.6 is 11.8 Å². The lowest BCUT2D eigenvalue weighted by Crippen LogP contribution is -1.88. The normalized spacial score (nSPS) is 16.5. The Balaban J connectivity index is 0.000000222. The molecule has 1 fully saturated rings. The first-order chi connectivity index (χ1) is 3.89. The summed E-state index contributed by atoms with van der Waals surface area (Å²) in [6.07, 6.45) is 1.54. The molecule has 0 aromatic rings. The molecule has 4 heteroatoms. The number of hydrogen-bond donors (Lipinski definition) is 1. The molecule has 0 aromatic carbocycles. The number of ether oxygens (including phenoxy) is 1. The summed E-state index contributed by atoms with van der Waals surface area (Å²) in [5.74, 6) is -0.0463. The quantitative estimate of drug-likeness (QED) is 0.389. The van der Waals surface area contributed by atoms with Crippen LogP contribution in [0.5, 0.6) is 0 Å². The molecule has 0 radical (unpaired) electrons. The van der Waals surface area contributed by atoms with Gasteiger partial charge in [0.15, 0.2) is 0 Å². The summed E-state index contributed by atoms with van der Waals surface area (Å²) < 4.78 is 4.51. The maximum Gasteiger partial charge on any atom is 0.305 e. The average Bonchev–Trinajstić information content (AvgIpc) is 2.24. The molecular weight excluding hydrogens is 130 g/mol. The van der Waals surface area contributed by atoms with Crippen LogP contribution in [0, 0.1) is 0 Å². The number of halogens is 1. The van der Waals surface area contributed by atoms with Gasteiger partial charge in [-0.05, 0) is 18.2 Å². The molecule has 1 saturated heterocycles. The Morgan fingerprint density at radius 3 is 2.38 bits per heavy atom. The smallest absolute Gasteiger partial charge is 0.305 e. The van der Waals surface area contributed by atoms with Crippen LogP contribution in [0.2, 0.25) is 0 Å². The first-order valence-electron chi connectivity index (χ1n) is 2.27. The van der Waals surface area contributed by atoms with E-state index in [2.05, 4.69) is 21.8 Å². The molecule has 8 heavy (non-hydrogen) atoms. The lowest BCUT2D eigenvalue weighted by Gasteiger charge is -1.81. The van der Waals surface area contributed by atoms with E-state index in [9.17, 15) is 4.79 Å². The van der Waals surface area contributed by atoms with Crippen LogP contribution in [0.15, 0.2) is 0 Å². The Morgan fingerprint density at radius 1 is 1.62 bits per heavy atom. The Labute approximate surface area is 52.9 Å². The predicted octanol–water partition coefficient (Wildman–Crippen LogP) is 0.422. The fourth-order valence-corrected chi connectivity index (χ4v) is 0.475. The van der Waals surface area contributed by atoms with Crippen LogP contribution in [0.4, 0.5) is 0 Å². The topological polar surface area (TPSA) is 52.3 Å². The largest absolute Gasteiger partial charge is 0.466 e. The van der Waals surface area contributed by atoms with Crippen molar-refractivity contribution in [3.8, 4) is 0 Å². The minimum absolute atomic E-state index is 0.0463. The van der Waals surface area contributed by atoms with Gasteiger partial charge >= 0.3 is 5.97 Å². The van der Waals surface area contributed by atoms with Gasteiger partial charge in [-0.1, -0.05) is 0 Å². The Morgan fingerprint density at radius 2 is 2.25 bits per heavy atom. The van der Waals surface area contributed by atoms with Crippen LogP contribution in [-0.4, -0.2) is 12.6 Å². The van der Waals surface area contributed by atoms with Crippen LogP contribution < -0.4 is 5.25 Å². The molecule has 0 aliphatic carbocycles. The van der Waals surface area contributed by atoms with Gasteiger partial charge in [0.05, 0.1) is 6.61 Å². The molecular formula is C4H8ClNO2. The first-order valence-corrected chi connectivity index (χ1v) is 2.71. The van der Waals surface area contributed by atoms with Gasteiger partial charge in [0.25, 0.3) is 0 Å². The van der Waals surface area contributed by atoms with E-state index in [1.807, 2.05) is 0 Å². The maximum absolute atomic E-state index is 10.0. The van der Waals surface area contributed by atoms with Crippen LogP contribution in [0.25, 0.3) is 0 Å². The van der Waals surface area contributed by atoms with Gasteiger partial charge in [0.2, 0.25) is 0 Å². The van der Waals surface area contributed by atoms with Crippen molar-refractivity contribution in [2.24, 2.45) is 5.25 Å². The lowest BCUT2D eigenvalue weighted by molar-refractivity contribution is -0.137. The number of carbonyl (C=O) groups is 1. The fourth-order valence-electron chi connectivity index (χ4n) is 0.475. The molecule has 1 rings (SSSR count). The minimum atomic E-state index is -0.0463. The zero-order chi connectivity index (χ0) is 6.41. The van der Waals surface area contributed by atoms with E-state index in [1.165, 1.54) is 0 Å². The Kier molecular flexibility index (Phi) is 4.70. The second-order valence-corrected chi connectivity index (χ2v) is 1.32. The van der Waals surface area contributed by atoms with Crippen molar-refractivity contribution in [2.75, 3.05) is 6.61 Å². The van der Waals surface area contributed by atoms with Gasteiger partial charge < -0.3 is 4.74 Å². The molecule has 0 atom stereocenters. The van der Waals surface area contributed by atoms with Gasteiger partial charge in [-0.15, -0.1) is 0 Å². The molecule has 0 unspecified atom stereocenters. The van der Waals surface area contributed by atoms with Crippen molar-refractivity contribution in [3.63, 3.8) is 0 Å². The van der Waals surface area contributed by atoms with Gasteiger partial charge in [-0.2, -0.15) is 0 Å². The standard InChI is InChI=1S/C4H6O2.ClH2N/c5-4-2-1-3-6-4;1-2/h1-3H2;2H2. The number of carbonyl (C=O) groups excluding carboxylic acids is 1. The second-order valence-electron chi connectivity index (χ2n) is 1.32. The van der Waals surface area contributed by atoms with Crippen molar-refractivity contribution in [1.82, 2.24) is 0 Å². The minimum Gasteiger partial charge on any atom is -0.466 e. The zero-order valence-electron chi connectivity index (χ0n) is 4.39. The van der Waals surface area contributed by atoms with Crippen molar-refractivity contribution in [1.29, 1.82) is 0 Å². The molecule has 0 amide bonds. The van der Waals surface area contributed by atoms with Gasteiger partial charge in [-0.25, -0.2) is 5.25 Å². The molecule has 0 aromatic heterocycles. The third-order valence-corrected chi connectivity index (χ3v) is 0.788. The maximum atomic E-state index is 10.0. The summed E-state index contributed by atoms with van der Waals surface area (Å²) in [5, 5.41) is 3.97. The molecule has 1 aliphatic rings. The van der Waals surface area contributed by atoms with E-state index in [4.69, 9.17) is 0 Å². The molecule has 0 bridgehead atoms. The number of cyclic esters (lactones) is 1. The molecule has 1 heterocycles. The highest BCUT2D eigenvalue weighted by Crippen LogP contribution is 2.01.